The van der Waals surface area contributed by atoms with E-state index in [1.165, 1.54) is 23.1 Å². The van der Waals surface area contributed by atoms with Gasteiger partial charge in [0.15, 0.2) is 0 Å². The van der Waals surface area contributed by atoms with Crippen LogP contribution in [0.4, 0.5) is 18.9 Å². The molecule has 1 N–H and O–H groups in total. The lowest BCUT2D eigenvalue weighted by molar-refractivity contribution is -0.140. The average molecular weight is 638 g/mol. The molecule has 0 aliphatic rings. The normalized spacial score (nSPS) is 13.2. The number of carbonyl (C=O) groups excluding carboxylic acids is 2. The molecule has 232 valence electrons. The molecular formula is C31H35ClF3N3O4S. The molecule has 0 aliphatic carbocycles. The zero-order valence-electron chi connectivity index (χ0n) is 24.4. The molecule has 3 aromatic carbocycles. The number of halogens is 4. The van der Waals surface area contributed by atoms with Crippen molar-refractivity contribution in [2.75, 3.05) is 10.8 Å². The van der Waals surface area contributed by atoms with Crippen molar-refractivity contribution >= 4 is 39.1 Å². The van der Waals surface area contributed by atoms with E-state index in [-0.39, 0.29) is 29.6 Å². The van der Waals surface area contributed by atoms with Crippen molar-refractivity contribution in [3.05, 3.63) is 94.5 Å². The van der Waals surface area contributed by atoms with E-state index in [1.54, 1.807) is 50.2 Å². The molecule has 0 spiro atoms. The quantitative estimate of drug-likeness (QED) is 0.243. The summed E-state index contributed by atoms with van der Waals surface area (Å²) < 4.78 is 69.3. The minimum atomic E-state index is -4.75. The number of hydrogen-bond acceptors (Lipinski definition) is 4. The lowest BCUT2D eigenvalue weighted by Gasteiger charge is -2.34. The zero-order valence-corrected chi connectivity index (χ0v) is 25.9. The molecule has 12 heteroatoms. The van der Waals surface area contributed by atoms with E-state index in [1.807, 2.05) is 13.8 Å². The molecule has 0 radical (unpaired) electrons. The van der Waals surface area contributed by atoms with Gasteiger partial charge < -0.3 is 10.2 Å². The first kappa shape index (κ1) is 33.9. The molecule has 0 aromatic heterocycles. The fourth-order valence-electron chi connectivity index (χ4n) is 4.35. The van der Waals surface area contributed by atoms with Crippen molar-refractivity contribution in [2.45, 2.75) is 70.2 Å². The first-order valence-electron chi connectivity index (χ1n) is 13.8. The van der Waals surface area contributed by atoms with E-state index < -0.39 is 46.2 Å². The van der Waals surface area contributed by atoms with Crippen LogP contribution >= 0.6 is 11.6 Å². The number of anilines is 1. The van der Waals surface area contributed by atoms with Gasteiger partial charge in [-0.25, -0.2) is 8.42 Å². The topological polar surface area (TPSA) is 86.8 Å². The third-order valence-electron chi connectivity index (χ3n) is 7.00. The molecule has 0 saturated carbocycles. The molecule has 7 nitrogen and oxygen atoms in total. The second-order valence-corrected chi connectivity index (χ2v) is 12.6. The Labute approximate surface area is 255 Å². The van der Waals surface area contributed by atoms with Crippen LogP contribution in [0.2, 0.25) is 5.02 Å². The lowest BCUT2D eigenvalue weighted by atomic mass is 10.1. The molecule has 43 heavy (non-hydrogen) atoms. The highest BCUT2D eigenvalue weighted by atomic mass is 35.5. The SMILES string of the molecule is CC[C@@H](C)NC(=O)[C@@H](CC)N(Cc1ccc(Cl)cc1)C(=O)CN(c1cccc(C(F)(F)F)c1)S(=O)(=O)c1ccc(C)cc1. The fourth-order valence-corrected chi connectivity index (χ4v) is 5.88. The summed E-state index contributed by atoms with van der Waals surface area (Å²) in [6.07, 6.45) is -3.90. The lowest BCUT2D eigenvalue weighted by Crippen LogP contribution is -2.53. The minimum Gasteiger partial charge on any atom is -0.352 e. The molecule has 3 rings (SSSR count). The standard InChI is InChI=1S/C31H35ClF3N3O4S/c1-5-22(4)36-30(40)28(6-2)37(19-23-12-14-25(32)15-13-23)29(39)20-38(26-9-7-8-24(18-26)31(33,34)35)43(41,42)27-16-10-21(3)11-17-27/h7-18,22,28H,5-6,19-20H2,1-4H3,(H,36,40)/t22-,28-/m1/s1. The largest absolute Gasteiger partial charge is 0.416 e. The second-order valence-electron chi connectivity index (χ2n) is 10.3. The number of alkyl halides is 3. The Balaban J connectivity index is 2.12. The summed E-state index contributed by atoms with van der Waals surface area (Å²) in [5, 5.41) is 3.33. The van der Waals surface area contributed by atoms with Crippen LogP contribution in [-0.4, -0.2) is 43.8 Å². The van der Waals surface area contributed by atoms with Gasteiger partial charge in [0.2, 0.25) is 11.8 Å². The first-order chi connectivity index (χ1) is 20.2. The minimum absolute atomic E-state index is 0.0660. The predicted molar refractivity (Wildman–Crippen MR) is 161 cm³/mol. The van der Waals surface area contributed by atoms with Crippen molar-refractivity contribution in [2.24, 2.45) is 0 Å². The summed E-state index contributed by atoms with van der Waals surface area (Å²) in [6.45, 7) is 6.28. The first-order valence-corrected chi connectivity index (χ1v) is 15.6. The van der Waals surface area contributed by atoms with Gasteiger partial charge in [0.1, 0.15) is 12.6 Å². The Morgan fingerprint density at radius 2 is 1.58 bits per heavy atom. The molecular weight excluding hydrogens is 603 g/mol. The van der Waals surface area contributed by atoms with Gasteiger partial charge in [-0.15, -0.1) is 0 Å². The summed E-state index contributed by atoms with van der Waals surface area (Å²) in [5.41, 5.74) is -0.0151. The average Bonchev–Trinajstić information content (AvgIpc) is 2.96. The summed E-state index contributed by atoms with van der Waals surface area (Å²) >= 11 is 6.03. The van der Waals surface area contributed by atoms with Gasteiger partial charge in [0.25, 0.3) is 10.0 Å². The third-order valence-corrected chi connectivity index (χ3v) is 9.04. The van der Waals surface area contributed by atoms with Crippen molar-refractivity contribution in [3.8, 4) is 0 Å². The van der Waals surface area contributed by atoms with Crippen LogP contribution in [0.1, 0.15) is 50.3 Å². The number of rotatable bonds is 12. The van der Waals surface area contributed by atoms with E-state index in [4.69, 9.17) is 11.6 Å². The van der Waals surface area contributed by atoms with Crippen molar-refractivity contribution < 1.29 is 31.2 Å². The molecule has 0 bridgehead atoms. The Bertz CT molecular complexity index is 1510. The maximum absolute atomic E-state index is 14.1. The summed E-state index contributed by atoms with van der Waals surface area (Å²) in [7, 11) is -4.52. The number of amides is 2. The predicted octanol–water partition coefficient (Wildman–Crippen LogP) is 6.58. The summed E-state index contributed by atoms with van der Waals surface area (Å²) in [5.74, 6) is -1.19. The Morgan fingerprint density at radius 1 is 0.953 bits per heavy atom. The molecule has 3 aromatic rings. The van der Waals surface area contributed by atoms with Crippen molar-refractivity contribution in [1.82, 2.24) is 10.2 Å². The van der Waals surface area contributed by atoms with E-state index in [0.717, 1.165) is 17.7 Å². The number of hydrogen-bond donors (Lipinski definition) is 1. The van der Waals surface area contributed by atoms with Crippen LogP contribution in [0.15, 0.2) is 77.7 Å². The Morgan fingerprint density at radius 3 is 2.14 bits per heavy atom. The van der Waals surface area contributed by atoms with Gasteiger partial charge in [-0.1, -0.05) is 61.3 Å². The molecule has 0 saturated heterocycles. The maximum atomic E-state index is 14.1. The molecule has 0 fully saturated rings. The monoisotopic (exact) mass is 637 g/mol. The van der Waals surface area contributed by atoms with Crippen molar-refractivity contribution in [1.29, 1.82) is 0 Å². The number of carbonyl (C=O) groups is 2. The van der Waals surface area contributed by atoms with E-state index in [9.17, 15) is 31.2 Å². The number of aryl methyl sites for hydroxylation is 1. The summed E-state index contributed by atoms with van der Waals surface area (Å²) in [6, 6.07) is 15.0. The zero-order chi connectivity index (χ0) is 31.9. The van der Waals surface area contributed by atoms with Crippen LogP contribution in [0.25, 0.3) is 0 Å². The molecule has 0 unspecified atom stereocenters. The van der Waals surface area contributed by atoms with Crippen molar-refractivity contribution in [3.63, 3.8) is 0 Å². The highest BCUT2D eigenvalue weighted by molar-refractivity contribution is 7.92. The van der Waals surface area contributed by atoms with Gasteiger partial charge in [0, 0.05) is 17.6 Å². The molecule has 0 aliphatic heterocycles. The van der Waals surface area contributed by atoms with Crippen LogP contribution in [0.3, 0.4) is 0 Å². The van der Waals surface area contributed by atoms with Crippen LogP contribution in [-0.2, 0) is 32.3 Å². The Hall–Kier alpha value is -3.57. The van der Waals surface area contributed by atoms with E-state index in [2.05, 4.69) is 5.32 Å². The number of sulfonamides is 1. The number of nitrogens with zero attached hydrogens (tertiary/aromatic N) is 2. The molecule has 0 heterocycles. The highest BCUT2D eigenvalue weighted by Gasteiger charge is 2.36. The highest BCUT2D eigenvalue weighted by Crippen LogP contribution is 2.33. The summed E-state index contributed by atoms with van der Waals surface area (Å²) in [4.78, 5) is 28.4. The molecule has 2 amide bonds. The molecule has 2 atom stereocenters. The number of nitrogens with one attached hydrogen (secondary N) is 1. The van der Waals surface area contributed by atoms with E-state index >= 15 is 0 Å². The third kappa shape index (κ3) is 8.73. The van der Waals surface area contributed by atoms with Gasteiger partial charge in [-0.05, 0) is 74.7 Å². The van der Waals surface area contributed by atoms with Gasteiger partial charge in [-0.2, -0.15) is 13.2 Å². The Kier molecular flexibility index (Phi) is 11.3. The van der Waals surface area contributed by atoms with Gasteiger partial charge in [0.05, 0.1) is 16.1 Å². The van der Waals surface area contributed by atoms with Crippen LogP contribution in [0, 0.1) is 6.92 Å². The smallest absolute Gasteiger partial charge is 0.352 e. The van der Waals surface area contributed by atoms with Gasteiger partial charge in [-0.3, -0.25) is 13.9 Å². The van der Waals surface area contributed by atoms with Crippen LogP contribution < -0.4 is 9.62 Å². The van der Waals surface area contributed by atoms with E-state index in [0.29, 0.717) is 27.4 Å². The second kappa shape index (κ2) is 14.3. The number of benzene rings is 3. The van der Waals surface area contributed by atoms with Gasteiger partial charge >= 0.3 is 6.18 Å². The van der Waals surface area contributed by atoms with Crippen LogP contribution in [0.5, 0.6) is 0 Å². The fraction of sp³-hybridized carbons (Fsp3) is 0.355. The maximum Gasteiger partial charge on any atom is 0.416 e.